The number of ether oxygens (including phenoxy) is 2. The van der Waals surface area contributed by atoms with Gasteiger partial charge in [-0.15, -0.1) is 5.10 Å². The second-order valence-corrected chi connectivity index (χ2v) is 6.15. The van der Waals surface area contributed by atoms with Gasteiger partial charge in [0.25, 0.3) is 0 Å². The largest absolute Gasteiger partial charge is 0.446 e. The van der Waals surface area contributed by atoms with Crippen LogP contribution in [0.15, 0.2) is 6.20 Å². The van der Waals surface area contributed by atoms with E-state index in [1.54, 1.807) is 4.90 Å². The summed E-state index contributed by atoms with van der Waals surface area (Å²) < 4.78 is 12.6. The number of carbonyl (C=O) groups is 1. The molecule has 4 rings (SSSR count). The molecule has 3 fully saturated rings. The van der Waals surface area contributed by atoms with Crippen LogP contribution in [0.25, 0.3) is 0 Å². The van der Waals surface area contributed by atoms with E-state index in [1.807, 2.05) is 10.9 Å². The van der Waals surface area contributed by atoms with E-state index in [-0.39, 0.29) is 18.2 Å². The Hall–Kier alpha value is -1.63. The average Bonchev–Trinajstić information content (AvgIpc) is 3.18. The van der Waals surface area contributed by atoms with Gasteiger partial charge in [-0.25, -0.2) is 9.48 Å². The SMILES string of the molecule is O=C(OC1CCOCC1)N1CC(n2cc(C3CC3)nn2)C1. The summed E-state index contributed by atoms with van der Waals surface area (Å²) in [6.45, 7) is 2.69. The Morgan fingerprint density at radius 1 is 1.24 bits per heavy atom. The minimum atomic E-state index is -0.208. The lowest BCUT2D eigenvalue weighted by atomic mass is 10.1. The molecule has 3 aliphatic rings. The van der Waals surface area contributed by atoms with Crippen LogP contribution in [0.5, 0.6) is 0 Å². The molecule has 21 heavy (non-hydrogen) atoms. The summed E-state index contributed by atoms with van der Waals surface area (Å²) in [5.74, 6) is 0.619. The zero-order valence-electron chi connectivity index (χ0n) is 12.0. The standard InChI is InChI=1S/C14H20N4O3/c19-14(21-12-3-5-20-6-4-12)17-7-11(8-17)18-9-13(15-16-18)10-1-2-10/h9-12H,1-8H2. The summed E-state index contributed by atoms with van der Waals surface area (Å²) in [5, 5.41) is 8.39. The lowest BCUT2D eigenvalue weighted by Gasteiger charge is -2.38. The number of hydrogen-bond donors (Lipinski definition) is 0. The van der Waals surface area contributed by atoms with Crippen LogP contribution in [0.4, 0.5) is 4.79 Å². The molecule has 2 saturated heterocycles. The van der Waals surface area contributed by atoms with Gasteiger partial charge in [0.15, 0.2) is 0 Å². The van der Waals surface area contributed by atoms with Crippen LogP contribution in [0.2, 0.25) is 0 Å². The molecule has 1 saturated carbocycles. The lowest BCUT2D eigenvalue weighted by Crippen LogP contribution is -2.52. The minimum absolute atomic E-state index is 0.0122. The fourth-order valence-electron chi connectivity index (χ4n) is 2.82. The Morgan fingerprint density at radius 2 is 2.00 bits per heavy atom. The smallest absolute Gasteiger partial charge is 0.410 e. The molecular weight excluding hydrogens is 272 g/mol. The third-order valence-electron chi connectivity index (χ3n) is 4.45. The molecule has 1 amide bonds. The highest BCUT2D eigenvalue weighted by Crippen LogP contribution is 2.39. The Morgan fingerprint density at radius 3 is 2.71 bits per heavy atom. The van der Waals surface area contributed by atoms with Crippen LogP contribution in [0, 0.1) is 0 Å². The van der Waals surface area contributed by atoms with Gasteiger partial charge in [0, 0.05) is 38.0 Å². The van der Waals surface area contributed by atoms with E-state index in [4.69, 9.17) is 9.47 Å². The van der Waals surface area contributed by atoms with E-state index < -0.39 is 0 Å². The topological polar surface area (TPSA) is 69.5 Å². The Bertz CT molecular complexity index is 516. The second-order valence-electron chi connectivity index (χ2n) is 6.15. The minimum Gasteiger partial charge on any atom is -0.446 e. The predicted octanol–water partition coefficient (Wildman–Crippen LogP) is 1.33. The van der Waals surface area contributed by atoms with Crippen LogP contribution < -0.4 is 0 Å². The third-order valence-corrected chi connectivity index (χ3v) is 4.45. The molecule has 0 radical (unpaired) electrons. The summed E-state index contributed by atoms with van der Waals surface area (Å²) >= 11 is 0. The zero-order chi connectivity index (χ0) is 14.2. The van der Waals surface area contributed by atoms with Crippen molar-refractivity contribution >= 4 is 6.09 Å². The van der Waals surface area contributed by atoms with Crippen molar-refractivity contribution in [3.8, 4) is 0 Å². The summed E-state index contributed by atoms with van der Waals surface area (Å²) in [5.41, 5.74) is 1.10. The third kappa shape index (κ3) is 2.74. The zero-order valence-corrected chi connectivity index (χ0v) is 12.0. The number of aromatic nitrogens is 3. The van der Waals surface area contributed by atoms with E-state index >= 15 is 0 Å². The first-order valence-corrected chi connectivity index (χ1v) is 7.74. The summed E-state index contributed by atoms with van der Waals surface area (Å²) in [4.78, 5) is 13.7. The molecule has 0 atom stereocenters. The number of amides is 1. The van der Waals surface area contributed by atoms with E-state index in [2.05, 4.69) is 10.3 Å². The van der Waals surface area contributed by atoms with Crippen LogP contribution in [0.1, 0.15) is 43.3 Å². The molecule has 1 aromatic rings. The Labute approximate surface area is 123 Å². The van der Waals surface area contributed by atoms with Gasteiger partial charge in [-0.2, -0.15) is 0 Å². The number of rotatable bonds is 3. The maximum absolute atomic E-state index is 12.0. The molecule has 0 bridgehead atoms. The molecule has 0 spiro atoms. The van der Waals surface area contributed by atoms with Gasteiger partial charge in [0.1, 0.15) is 6.10 Å². The second kappa shape index (κ2) is 5.29. The van der Waals surface area contributed by atoms with Gasteiger partial charge >= 0.3 is 6.09 Å². The van der Waals surface area contributed by atoms with Crippen LogP contribution in [0.3, 0.4) is 0 Å². The van der Waals surface area contributed by atoms with E-state index in [1.165, 1.54) is 12.8 Å². The summed E-state index contributed by atoms with van der Waals surface area (Å²) in [7, 11) is 0. The molecule has 7 nitrogen and oxygen atoms in total. The highest BCUT2D eigenvalue weighted by molar-refractivity contribution is 5.69. The van der Waals surface area contributed by atoms with Crippen LogP contribution >= 0.6 is 0 Å². The van der Waals surface area contributed by atoms with Gasteiger partial charge < -0.3 is 14.4 Å². The highest BCUT2D eigenvalue weighted by atomic mass is 16.6. The van der Waals surface area contributed by atoms with Gasteiger partial charge in [-0.1, -0.05) is 5.21 Å². The first kappa shape index (κ1) is 13.1. The molecule has 1 aromatic heterocycles. The fraction of sp³-hybridized carbons (Fsp3) is 0.786. The summed E-state index contributed by atoms with van der Waals surface area (Å²) in [6.07, 6.45) is 5.90. The van der Waals surface area contributed by atoms with Crippen molar-refractivity contribution in [2.75, 3.05) is 26.3 Å². The van der Waals surface area contributed by atoms with Crippen LogP contribution in [-0.4, -0.2) is 58.4 Å². The van der Waals surface area contributed by atoms with E-state index in [0.717, 1.165) is 18.5 Å². The van der Waals surface area contributed by atoms with Crippen LogP contribution in [-0.2, 0) is 9.47 Å². The van der Waals surface area contributed by atoms with Crippen molar-refractivity contribution in [1.82, 2.24) is 19.9 Å². The molecule has 114 valence electrons. The molecule has 0 aromatic carbocycles. The van der Waals surface area contributed by atoms with Gasteiger partial charge in [-0.3, -0.25) is 0 Å². The maximum Gasteiger partial charge on any atom is 0.410 e. The maximum atomic E-state index is 12.0. The van der Waals surface area contributed by atoms with Gasteiger partial charge in [0.2, 0.25) is 0 Å². The van der Waals surface area contributed by atoms with Crippen molar-refractivity contribution < 1.29 is 14.3 Å². The number of hydrogen-bond acceptors (Lipinski definition) is 5. The normalized spacial score (nSPS) is 23.9. The van der Waals surface area contributed by atoms with Crippen molar-refractivity contribution in [3.63, 3.8) is 0 Å². The van der Waals surface area contributed by atoms with Gasteiger partial charge in [-0.05, 0) is 12.8 Å². The summed E-state index contributed by atoms with van der Waals surface area (Å²) in [6, 6.07) is 0.243. The molecular formula is C14H20N4O3. The predicted molar refractivity (Wildman–Crippen MR) is 72.9 cm³/mol. The first-order chi connectivity index (χ1) is 10.3. The Balaban J connectivity index is 1.26. The van der Waals surface area contributed by atoms with E-state index in [0.29, 0.717) is 32.2 Å². The molecule has 1 aliphatic carbocycles. The van der Waals surface area contributed by atoms with Crippen molar-refractivity contribution in [3.05, 3.63) is 11.9 Å². The molecule has 3 heterocycles. The van der Waals surface area contributed by atoms with Gasteiger partial charge in [0.05, 0.1) is 24.9 Å². The molecule has 7 heteroatoms. The first-order valence-electron chi connectivity index (χ1n) is 7.74. The van der Waals surface area contributed by atoms with E-state index in [9.17, 15) is 4.79 Å². The fourth-order valence-corrected chi connectivity index (χ4v) is 2.82. The monoisotopic (exact) mass is 292 g/mol. The van der Waals surface area contributed by atoms with Crippen molar-refractivity contribution in [2.45, 2.75) is 43.7 Å². The molecule has 0 N–H and O–H groups in total. The van der Waals surface area contributed by atoms with Crippen molar-refractivity contribution in [1.29, 1.82) is 0 Å². The highest BCUT2D eigenvalue weighted by Gasteiger charge is 2.36. The number of carbonyl (C=O) groups excluding carboxylic acids is 1. The lowest BCUT2D eigenvalue weighted by molar-refractivity contribution is -0.0224. The number of nitrogens with zero attached hydrogens (tertiary/aromatic N) is 4. The molecule has 2 aliphatic heterocycles. The molecule has 0 unspecified atom stereocenters. The van der Waals surface area contributed by atoms with Crippen molar-refractivity contribution in [2.24, 2.45) is 0 Å². The Kier molecular flexibility index (Phi) is 3.29. The number of likely N-dealkylation sites (tertiary alicyclic amines) is 1. The quantitative estimate of drug-likeness (QED) is 0.840. The average molecular weight is 292 g/mol.